The molecule has 2 rings (SSSR count). The maximum Gasteiger partial charge on any atom is 0.317 e. The maximum atomic E-state index is 11.8. The second kappa shape index (κ2) is 8.76. The van der Waals surface area contributed by atoms with Crippen molar-refractivity contribution in [1.82, 2.24) is 0 Å². The average Bonchev–Trinajstić information content (AvgIpc) is 2.88. The summed E-state index contributed by atoms with van der Waals surface area (Å²) in [6.07, 6.45) is 4.45. The number of phenolic OH excluding ortho intramolecular Hbond substituents is 1. The standard InChI is InChI=1S/C22H31NO5/c1-21(2,14-22(3,4)12-16-11-19(25)28-20(16)26)8-9-23-13-15-6-7-17(24)18(10-15)27-5/h6-7,10,13,16,24H,8-9,11-12,14H2,1-5H3. The van der Waals surface area contributed by atoms with E-state index in [2.05, 4.69) is 37.4 Å². The number of aliphatic imine (C=N–C) groups is 1. The van der Waals surface area contributed by atoms with Gasteiger partial charge in [0, 0.05) is 12.8 Å². The molecule has 154 valence electrons. The number of benzene rings is 1. The molecule has 1 unspecified atom stereocenters. The van der Waals surface area contributed by atoms with E-state index in [4.69, 9.17) is 4.74 Å². The Kier molecular flexibility index (Phi) is 6.86. The maximum absolute atomic E-state index is 11.8. The zero-order valence-corrected chi connectivity index (χ0v) is 17.4. The van der Waals surface area contributed by atoms with Crippen molar-refractivity contribution in [2.45, 2.75) is 53.4 Å². The Morgan fingerprint density at radius 3 is 2.57 bits per heavy atom. The molecule has 28 heavy (non-hydrogen) atoms. The number of hydrogen-bond donors (Lipinski definition) is 1. The van der Waals surface area contributed by atoms with Crippen LogP contribution in [0.1, 0.15) is 58.9 Å². The van der Waals surface area contributed by atoms with Gasteiger partial charge in [0.25, 0.3) is 0 Å². The van der Waals surface area contributed by atoms with Crippen molar-refractivity contribution in [3.8, 4) is 11.5 Å². The molecule has 1 aromatic rings. The fourth-order valence-corrected chi connectivity index (χ4v) is 4.11. The monoisotopic (exact) mass is 389 g/mol. The van der Waals surface area contributed by atoms with E-state index in [9.17, 15) is 14.7 Å². The smallest absolute Gasteiger partial charge is 0.317 e. The molecule has 1 aliphatic rings. The predicted octanol–water partition coefficient (Wildman–Crippen LogP) is 4.13. The van der Waals surface area contributed by atoms with E-state index in [1.54, 1.807) is 24.4 Å². The third-order valence-electron chi connectivity index (χ3n) is 5.08. The highest BCUT2D eigenvalue weighted by atomic mass is 16.6. The lowest BCUT2D eigenvalue weighted by molar-refractivity contribution is -0.153. The molecule has 1 atom stereocenters. The summed E-state index contributed by atoms with van der Waals surface area (Å²) in [5.74, 6) is -0.582. The van der Waals surface area contributed by atoms with Gasteiger partial charge < -0.3 is 14.6 Å². The number of ether oxygens (including phenoxy) is 2. The van der Waals surface area contributed by atoms with Crippen LogP contribution in [0, 0.1) is 16.7 Å². The SMILES string of the molecule is COc1cc(C=NCCC(C)(C)CC(C)(C)CC2CC(=O)OC2=O)ccc1O. The Morgan fingerprint density at radius 1 is 1.25 bits per heavy atom. The topological polar surface area (TPSA) is 85.2 Å². The highest BCUT2D eigenvalue weighted by Crippen LogP contribution is 2.41. The minimum atomic E-state index is -0.412. The van der Waals surface area contributed by atoms with Crippen molar-refractivity contribution >= 4 is 18.2 Å². The normalized spacial score (nSPS) is 18.0. The molecular formula is C22H31NO5. The van der Waals surface area contributed by atoms with Crippen molar-refractivity contribution in [2.24, 2.45) is 21.7 Å². The lowest BCUT2D eigenvalue weighted by Gasteiger charge is -2.35. The molecule has 0 spiro atoms. The second-order valence-electron chi connectivity index (χ2n) is 9.12. The summed E-state index contributed by atoms with van der Waals surface area (Å²) >= 11 is 0. The van der Waals surface area contributed by atoms with Crippen LogP contribution < -0.4 is 4.74 Å². The van der Waals surface area contributed by atoms with Gasteiger partial charge >= 0.3 is 11.9 Å². The number of esters is 2. The summed E-state index contributed by atoms with van der Waals surface area (Å²) in [6.45, 7) is 9.35. The zero-order valence-electron chi connectivity index (χ0n) is 17.4. The van der Waals surface area contributed by atoms with Gasteiger partial charge in [-0.2, -0.15) is 0 Å². The summed E-state index contributed by atoms with van der Waals surface area (Å²) in [7, 11) is 1.52. The molecule has 0 bridgehead atoms. The first-order valence-electron chi connectivity index (χ1n) is 9.63. The fraction of sp³-hybridized carbons (Fsp3) is 0.591. The van der Waals surface area contributed by atoms with Crippen LogP contribution in [0.2, 0.25) is 0 Å². The van der Waals surface area contributed by atoms with Crippen LogP contribution in [-0.4, -0.2) is 36.9 Å². The first kappa shape index (κ1) is 21.9. The third kappa shape index (κ3) is 6.36. The molecule has 1 aromatic carbocycles. The molecule has 0 radical (unpaired) electrons. The molecular weight excluding hydrogens is 358 g/mol. The number of phenols is 1. The number of methoxy groups -OCH3 is 1. The van der Waals surface area contributed by atoms with Crippen LogP contribution in [-0.2, 0) is 14.3 Å². The Labute approximate surface area is 167 Å². The van der Waals surface area contributed by atoms with E-state index in [1.807, 2.05) is 0 Å². The number of hydrogen-bond acceptors (Lipinski definition) is 6. The van der Waals surface area contributed by atoms with Gasteiger partial charge in [0.05, 0.1) is 19.4 Å². The van der Waals surface area contributed by atoms with Crippen LogP contribution in [0.15, 0.2) is 23.2 Å². The molecule has 0 aromatic heterocycles. The highest BCUT2D eigenvalue weighted by molar-refractivity contribution is 5.94. The second-order valence-corrected chi connectivity index (χ2v) is 9.12. The molecule has 1 aliphatic heterocycles. The van der Waals surface area contributed by atoms with Gasteiger partial charge in [0.2, 0.25) is 0 Å². The lowest BCUT2D eigenvalue weighted by Crippen LogP contribution is -2.27. The van der Waals surface area contributed by atoms with E-state index in [0.29, 0.717) is 18.7 Å². The van der Waals surface area contributed by atoms with Crippen molar-refractivity contribution in [2.75, 3.05) is 13.7 Å². The summed E-state index contributed by atoms with van der Waals surface area (Å²) in [4.78, 5) is 27.6. The minimum Gasteiger partial charge on any atom is -0.504 e. The zero-order chi connectivity index (χ0) is 20.9. The average molecular weight is 389 g/mol. The van der Waals surface area contributed by atoms with E-state index >= 15 is 0 Å². The molecule has 1 N–H and O–H groups in total. The molecule has 0 amide bonds. The molecule has 6 nitrogen and oxygen atoms in total. The Balaban J connectivity index is 1.87. The van der Waals surface area contributed by atoms with E-state index in [1.165, 1.54) is 7.11 Å². The summed E-state index contributed by atoms with van der Waals surface area (Å²) in [5, 5.41) is 9.64. The number of nitrogens with zero attached hydrogens (tertiary/aromatic N) is 1. The number of cyclic esters (lactones) is 2. The number of rotatable bonds is 9. The molecule has 1 heterocycles. The Bertz CT molecular complexity index is 751. The van der Waals surface area contributed by atoms with Gasteiger partial charge in [0.15, 0.2) is 11.5 Å². The number of aromatic hydroxyl groups is 1. The Hall–Kier alpha value is -2.37. The van der Waals surface area contributed by atoms with E-state index in [0.717, 1.165) is 18.4 Å². The number of carbonyl (C=O) groups excluding carboxylic acids is 2. The van der Waals surface area contributed by atoms with Crippen LogP contribution in [0.3, 0.4) is 0 Å². The number of carbonyl (C=O) groups is 2. The molecule has 0 saturated carbocycles. The van der Waals surface area contributed by atoms with Crippen molar-refractivity contribution in [1.29, 1.82) is 0 Å². The molecule has 1 saturated heterocycles. The third-order valence-corrected chi connectivity index (χ3v) is 5.08. The molecule has 6 heteroatoms. The molecule has 1 fully saturated rings. The minimum absolute atomic E-state index is 0.0417. The van der Waals surface area contributed by atoms with Gasteiger partial charge in [-0.15, -0.1) is 0 Å². The van der Waals surface area contributed by atoms with Crippen LogP contribution in [0.4, 0.5) is 0 Å². The van der Waals surface area contributed by atoms with Crippen LogP contribution in [0.5, 0.6) is 11.5 Å². The van der Waals surface area contributed by atoms with Crippen LogP contribution >= 0.6 is 0 Å². The fourth-order valence-electron chi connectivity index (χ4n) is 4.11. The quantitative estimate of drug-likeness (QED) is 0.390. The van der Waals surface area contributed by atoms with Gasteiger partial charge in [-0.25, -0.2) is 0 Å². The summed E-state index contributed by atoms with van der Waals surface area (Å²) < 4.78 is 9.78. The summed E-state index contributed by atoms with van der Waals surface area (Å²) in [6, 6.07) is 5.12. The van der Waals surface area contributed by atoms with Crippen molar-refractivity contribution < 1.29 is 24.2 Å². The van der Waals surface area contributed by atoms with Crippen molar-refractivity contribution in [3.05, 3.63) is 23.8 Å². The lowest BCUT2D eigenvalue weighted by atomic mass is 9.69. The van der Waals surface area contributed by atoms with E-state index in [-0.39, 0.29) is 34.9 Å². The van der Waals surface area contributed by atoms with Crippen LogP contribution in [0.25, 0.3) is 0 Å². The first-order valence-corrected chi connectivity index (χ1v) is 9.63. The molecule has 0 aliphatic carbocycles. The Morgan fingerprint density at radius 2 is 1.96 bits per heavy atom. The summed E-state index contributed by atoms with van der Waals surface area (Å²) in [5.41, 5.74) is 0.837. The van der Waals surface area contributed by atoms with Gasteiger partial charge in [-0.3, -0.25) is 14.6 Å². The highest BCUT2D eigenvalue weighted by Gasteiger charge is 2.39. The largest absolute Gasteiger partial charge is 0.504 e. The van der Waals surface area contributed by atoms with Crippen molar-refractivity contribution in [3.63, 3.8) is 0 Å². The first-order chi connectivity index (χ1) is 13.0. The van der Waals surface area contributed by atoms with Gasteiger partial charge in [0.1, 0.15) is 0 Å². The van der Waals surface area contributed by atoms with Gasteiger partial charge in [-0.1, -0.05) is 27.7 Å². The van der Waals surface area contributed by atoms with E-state index < -0.39 is 5.97 Å². The van der Waals surface area contributed by atoms with Gasteiger partial charge in [-0.05, 0) is 53.9 Å². The predicted molar refractivity (Wildman–Crippen MR) is 108 cm³/mol.